The molecule has 1 saturated heterocycles. The van der Waals surface area contributed by atoms with E-state index >= 15 is 0 Å². The smallest absolute Gasteiger partial charge is 0.259 e. The number of nitrogens with two attached hydrogens (primary N) is 1. The molecule has 0 bridgehead atoms. The fourth-order valence-electron chi connectivity index (χ4n) is 1.92. The summed E-state index contributed by atoms with van der Waals surface area (Å²) in [6, 6.07) is 0.106. The standard InChI is InChI=1S/C10H15N3O2.ClH/c1-6-9(7(2)15-12-6)10(14)13-4-3-8(11)5-13;/h8H,3-5,11H2,1-2H3;1H/t8-;/m0./s1. The zero-order chi connectivity index (χ0) is 11.0. The van der Waals surface area contributed by atoms with Crippen LogP contribution in [0.15, 0.2) is 4.52 Å². The zero-order valence-corrected chi connectivity index (χ0v) is 10.2. The molecular weight excluding hydrogens is 230 g/mol. The van der Waals surface area contributed by atoms with Gasteiger partial charge in [-0.25, -0.2) is 0 Å². The van der Waals surface area contributed by atoms with Gasteiger partial charge >= 0.3 is 0 Å². The second kappa shape index (κ2) is 4.84. The Morgan fingerprint density at radius 2 is 2.25 bits per heavy atom. The van der Waals surface area contributed by atoms with E-state index in [2.05, 4.69) is 5.16 Å². The number of aromatic nitrogens is 1. The van der Waals surface area contributed by atoms with Gasteiger partial charge in [-0.2, -0.15) is 0 Å². The van der Waals surface area contributed by atoms with Crippen LogP contribution in [0.25, 0.3) is 0 Å². The van der Waals surface area contributed by atoms with E-state index in [9.17, 15) is 4.79 Å². The van der Waals surface area contributed by atoms with E-state index in [1.165, 1.54) is 0 Å². The van der Waals surface area contributed by atoms with Crippen LogP contribution in [0.1, 0.15) is 28.2 Å². The number of carbonyl (C=O) groups is 1. The number of amides is 1. The van der Waals surface area contributed by atoms with Crippen LogP contribution in [0.3, 0.4) is 0 Å². The molecular formula is C10H16ClN3O2. The highest BCUT2D eigenvalue weighted by Gasteiger charge is 2.28. The number of halogens is 1. The lowest BCUT2D eigenvalue weighted by Gasteiger charge is -2.15. The van der Waals surface area contributed by atoms with Gasteiger partial charge in [0.1, 0.15) is 11.3 Å². The second-order valence-corrected chi connectivity index (χ2v) is 4.00. The molecule has 1 aliphatic rings. The maximum atomic E-state index is 12.1. The van der Waals surface area contributed by atoms with Crippen molar-refractivity contribution in [3.8, 4) is 0 Å². The molecule has 16 heavy (non-hydrogen) atoms. The van der Waals surface area contributed by atoms with Crippen LogP contribution in [0.2, 0.25) is 0 Å². The third-order valence-electron chi connectivity index (χ3n) is 2.76. The fraction of sp³-hybridized carbons (Fsp3) is 0.600. The van der Waals surface area contributed by atoms with Crippen LogP contribution in [0.5, 0.6) is 0 Å². The van der Waals surface area contributed by atoms with Gasteiger partial charge in [-0.15, -0.1) is 12.4 Å². The van der Waals surface area contributed by atoms with Crippen molar-refractivity contribution in [2.45, 2.75) is 26.3 Å². The first kappa shape index (κ1) is 13.0. The lowest BCUT2D eigenvalue weighted by Crippen LogP contribution is -2.32. The van der Waals surface area contributed by atoms with Gasteiger partial charge in [-0.05, 0) is 20.3 Å². The first-order chi connectivity index (χ1) is 7.09. The Morgan fingerprint density at radius 1 is 1.56 bits per heavy atom. The SMILES string of the molecule is Cc1noc(C)c1C(=O)N1CC[C@H](N)C1.Cl. The first-order valence-corrected chi connectivity index (χ1v) is 5.07. The topological polar surface area (TPSA) is 72.4 Å². The van der Waals surface area contributed by atoms with Gasteiger partial charge < -0.3 is 15.2 Å². The highest BCUT2D eigenvalue weighted by Crippen LogP contribution is 2.18. The van der Waals surface area contributed by atoms with Crippen molar-refractivity contribution in [1.29, 1.82) is 0 Å². The lowest BCUT2D eigenvalue weighted by atomic mass is 10.2. The average Bonchev–Trinajstić information content (AvgIpc) is 2.73. The minimum absolute atomic E-state index is 0. The monoisotopic (exact) mass is 245 g/mol. The molecule has 0 saturated carbocycles. The van der Waals surface area contributed by atoms with Crippen LogP contribution in [-0.2, 0) is 0 Å². The molecule has 2 heterocycles. The molecule has 0 unspecified atom stereocenters. The molecule has 90 valence electrons. The molecule has 1 fully saturated rings. The maximum Gasteiger partial charge on any atom is 0.259 e. The summed E-state index contributed by atoms with van der Waals surface area (Å²) in [5.74, 6) is 0.567. The van der Waals surface area contributed by atoms with Crippen LogP contribution < -0.4 is 5.73 Å². The Balaban J connectivity index is 0.00000128. The summed E-state index contributed by atoms with van der Waals surface area (Å²) in [6.45, 7) is 4.88. The molecule has 5 nitrogen and oxygen atoms in total. The van der Waals surface area contributed by atoms with Gasteiger partial charge in [0.2, 0.25) is 0 Å². The Kier molecular flexibility index (Phi) is 3.93. The molecule has 0 aliphatic carbocycles. The van der Waals surface area contributed by atoms with Crippen LogP contribution in [-0.4, -0.2) is 35.1 Å². The van der Waals surface area contributed by atoms with Gasteiger partial charge in [0.15, 0.2) is 0 Å². The summed E-state index contributed by atoms with van der Waals surface area (Å²) in [7, 11) is 0. The Bertz CT molecular complexity index is 372. The normalized spacial score (nSPS) is 19.7. The van der Waals surface area contributed by atoms with E-state index < -0.39 is 0 Å². The molecule has 6 heteroatoms. The van der Waals surface area contributed by atoms with Crippen LogP contribution in [0.4, 0.5) is 0 Å². The van der Waals surface area contributed by atoms with Crippen LogP contribution >= 0.6 is 12.4 Å². The van der Waals surface area contributed by atoms with E-state index in [1.54, 1.807) is 18.7 Å². The van der Waals surface area contributed by atoms with Gasteiger partial charge in [-0.1, -0.05) is 5.16 Å². The van der Waals surface area contributed by atoms with Crippen molar-refractivity contribution < 1.29 is 9.32 Å². The predicted molar refractivity (Wildman–Crippen MR) is 61.7 cm³/mol. The molecule has 0 radical (unpaired) electrons. The molecule has 2 N–H and O–H groups in total. The van der Waals surface area contributed by atoms with E-state index in [1.807, 2.05) is 0 Å². The Labute approximate surface area is 100 Å². The molecule has 1 aliphatic heterocycles. The van der Waals surface area contributed by atoms with E-state index in [4.69, 9.17) is 10.3 Å². The predicted octanol–water partition coefficient (Wildman–Crippen LogP) is 0.886. The summed E-state index contributed by atoms with van der Waals surface area (Å²) in [5, 5.41) is 3.77. The van der Waals surface area contributed by atoms with Crippen molar-refractivity contribution in [3.05, 3.63) is 17.0 Å². The average molecular weight is 246 g/mol. The lowest BCUT2D eigenvalue weighted by molar-refractivity contribution is 0.0788. The fourth-order valence-corrected chi connectivity index (χ4v) is 1.92. The molecule has 1 amide bonds. The number of hydrogen-bond acceptors (Lipinski definition) is 4. The van der Waals surface area contributed by atoms with Crippen molar-refractivity contribution in [3.63, 3.8) is 0 Å². The summed E-state index contributed by atoms with van der Waals surface area (Å²) < 4.78 is 4.97. The summed E-state index contributed by atoms with van der Waals surface area (Å²) in [5.41, 5.74) is 7.00. The molecule has 1 atom stereocenters. The van der Waals surface area contributed by atoms with Gasteiger partial charge in [0.25, 0.3) is 5.91 Å². The van der Waals surface area contributed by atoms with E-state index in [0.29, 0.717) is 23.6 Å². The van der Waals surface area contributed by atoms with Crippen molar-refractivity contribution in [2.75, 3.05) is 13.1 Å². The largest absolute Gasteiger partial charge is 0.361 e. The number of rotatable bonds is 1. The zero-order valence-electron chi connectivity index (χ0n) is 9.40. The molecule has 2 rings (SSSR count). The van der Waals surface area contributed by atoms with Crippen molar-refractivity contribution in [1.82, 2.24) is 10.1 Å². The quantitative estimate of drug-likeness (QED) is 0.798. The third-order valence-corrected chi connectivity index (χ3v) is 2.76. The summed E-state index contributed by atoms with van der Waals surface area (Å²) in [4.78, 5) is 13.8. The Morgan fingerprint density at radius 3 is 2.69 bits per heavy atom. The number of carbonyl (C=O) groups excluding carboxylic acids is 1. The highest BCUT2D eigenvalue weighted by atomic mass is 35.5. The minimum atomic E-state index is -0.0146. The summed E-state index contributed by atoms with van der Waals surface area (Å²) in [6.07, 6.45) is 0.870. The van der Waals surface area contributed by atoms with Gasteiger partial charge in [-0.3, -0.25) is 4.79 Å². The number of aryl methyl sites for hydroxylation is 2. The molecule has 0 aromatic carbocycles. The van der Waals surface area contributed by atoms with Gasteiger partial charge in [0, 0.05) is 19.1 Å². The summed E-state index contributed by atoms with van der Waals surface area (Å²) >= 11 is 0. The van der Waals surface area contributed by atoms with Gasteiger partial charge in [0.05, 0.1) is 5.69 Å². The van der Waals surface area contributed by atoms with E-state index in [-0.39, 0.29) is 24.4 Å². The molecule has 1 aromatic heterocycles. The Hall–Kier alpha value is -1.07. The van der Waals surface area contributed by atoms with E-state index in [0.717, 1.165) is 13.0 Å². The van der Waals surface area contributed by atoms with Crippen LogP contribution in [0, 0.1) is 13.8 Å². The highest BCUT2D eigenvalue weighted by molar-refractivity contribution is 5.96. The number of nitrogens with zero attached hydrogens (tertiary/aromatic N) is 2. The van der Waals surface area contributed by atoms with Crippen molar-refractivity contribution in [2.24, 2.45) is 5.73 Å². The third kappa shape index (κ3) is 2.20. The molecule has 1 aromatic rings. The number of hydrogen-bond donors (Lipinski definition) is 1. The number of likely N-dealkylation sites (tertiary alicyclic amines) is 1. The van der Waals surface area contributed by atoms with Crippen molar-refractivity contribution >= 4 is 18.3 Å². The molecule has 0 spiro atoms. The minimum Gasteiger partial charge on any atom is -0.361 e. The maximum absolute atomic E-state index is 12.1. The second-order valence-electron chi connectivity index (χ2n) is 4.00. The first-order valence-electron chi connectivity index (χ1n) is 5.07.